The summed E-state index contributed by atoms with van der Waals surface area (Å²) in [6, 6.07) is 6.46. The number of rotatable bonds is 0. The highest BCUT2D eigenvalue weighted by atomic mass is 35.7. The molecule has 4 rings (SSSR count). The van der Waals surface area contributed by atoms with Crippen LogP contribution in [-0.4, -0.2) is 0 Å². The molecule has 3 heteroatoms. The monoisotopic (exact) mass is 262 g/mol. The summed E-state index contributed by atoms with van der Waals surface area (Å²) in [5.74, 6) is 1.01. The van der Waals surface area contributed by atoms with Gasteiger partial charge in [-0.25, -0.2) is 0 Å². The molecule has 1 heterocycles. The van der Waals surface area contributed by atoms with Gasteiger partial charge in [-0.2, -0.15) is 0 Å². The van der Waals surface area contributed by atoms with Crippen molar-refractivity contribution in [2.75, 3.05) is 0 Å². The SMILES string of the molecule is CC12CC=CC3=C1c1c(cccc1P(Cl)O3)C2. The molecule has 1 aromatic rings. The van der Waals surface area contributed by atoms with Gasteiger partial charge in [-0.15, -0.1) is 0 Å². The number of hydrogen-bond acceptors (Lipinski definition) is 1. The maximum Gasteiger partial charge on any atom is 0.215 e. The van der Waals surface area contributed by atoms with Gasteiger partial charge in [0.15, 0.2) is 0 Å². The number of benzene rings is 1. The second kappa shape index (κ2) is 3.16. The third-order valence-electron chi connectivity index (χ3n) is 4.01. The van der Waals surface area contributed by atoms with Gasteiger partial charge < -0.3 is 4.52 Å². The molecule has 2 atom stereocenters. The van der Waals surface area contributed by atoms with E-state index in [4.69, 9.17) is 15.8 Å². The molecule has 0 N–H and O–H groups in total. The molecule has 86 valence electrons. The lowest BCUT2D eigenvalue weighted by Gasteiger charge is -2.33. The standard InChI is InChI=1S/C14H12ClOP/c1-14-7-3-5-10-13(14)12-9(8-14)4-2-6-11(12)17(15)16-10/h2-6H,7-8H2,1H3. The Morgan fingerprint density at radius 2 is 2.29 bits per heavy atom. The largest absolute Gasteiger partial charge is 0.453 e. The van der Waals surface area contributed by atoms with Gasteiger partial charge in [0.2, 0.25) is 7.50 Å². The molecule has 3 aliphatic rings. The van der Waals surface area contributed by atoms with Crippen LogP contribution in [0, 0.1) is 5.41 Å². The number of hydrogen-bond donors (Lipinski definition) is 0. The molecule has 0 saturated carbocycles. The topological polar surface area (TPSA) is 9.23 Å². The Morgan fingerprint density at radius 3 is 3.18 bits per heavy atom. The van der Waals surface area contributed by atoms with Crippen LogP contribution in [0.25, 0.3) is 5.57 Å². The van der Waals surface area contributed by atoms with Crippen molar-refractivity contribution in [2.24, 2.45) is 5.41 Å². The molecule has 1 aromatic carbocycles. The van der Waals surface area contributed by atoms with E-state index >= 15 is 0 Å². The van der Waals surface area contributed by atoms with E-state index in [1.165, 1.54) is 22.0 Å². The van der Waals surface area contributed by atoms with Gasteiger partial charge in [0.25, 0.3) is 0 Å². The fraction of sp³-hybridized carbons (Fsp3) is 0.286. The maximum atomic E-state index is 6.38. The zero-order valence-corrected chi connectivity index (χ0v) is 11.2. The van der Waals surface area contributed by atoms with Crippen LogP contribution in [0.4, 0.5) is 0 Å². The lowest BCUT2D eigenvalue weighted by Crippen LogP contribution is -2.22. The van der Waals surface area contributed by atoms with E-state index in [1.54, 1.807) is 0 Å². The molecule has 0 spiro atoms. The van der Waals surface area contributed by atoms with Gasteiger partial charge in [-0.3, -0.25) is 0 Å². The molecule has 0 amide bonds. The highest BCUT2D eigenvalue weighted by Gasteiger charge is 2.45. The molecule has 0 radical (unpaired) electrons. The summed E-state index contributed by atoms with van der Waals surface area (Å²) in [5.41, 5.74) is 4.44. The predicted molar refractivity (Wildman–Crippen MR) is 72.4 cm³/mol. The average molecular weight is 263 g/mol. The van der Waals surface area contributed by atoms with E-state index in [1.807, 2.05) is 0 Å². The molecule has 1 aliphatic heterocycles. The molecule has 2 unspecified atom stereocenters. The Hall–Kier alpha value is -0.780. The van der Waals surface area contributed by atoms with Gasteiger partial charge in [0.05, 0.1) is 0 Å². The summed E-state index contributed by atoms with van der Waals surface area (Å²) >= 11 is 6.38. The van der Waals surface area contributed by atoms with Crippen LogP contribution < -0.4 is 5.30 Å². The molecule has 0 bridgehead atoms. The summed E-state index contributed by atoms with van der Waals surface area (Å²) in [6.07, 6.45) is 6.53. The van der Waals surface area contributed by atoms with Crippen molar-refractivity contribution in [1.29, 1.82) is 0 Å². The van der Waals surface area contributed by atoms with Crippen LogP contribution in [0.2, 0.25) is 0 Å². The fourth-order valence-electron chi connectivity index (χ4n) is 3.30. The summed E-state index contributed by atoms with van der Waals surface area (Å²) in [6.45, 7) is 2.33. The second-order valence-corrected chi connectivity index (χ2v) is 7.31. The second-order valence-electron chi connectivity index (χ2n) is 5.23. The quantitative estimate of drug-likeness (QED) is 0.639. The third-order valence-corrected chi connectivity index (χ3v) is 5.88. The minimum atomic E-state index is -1.000. The first-order chi connectivity index (χ1) is 8.19. The minimum Gasteiger partial charge on any atom is -0.453 e. The Balaban J connectivity index is 2.10. The minimum absolute atomic E-state index is 0.218. The van der Waals surface area contributed by atoms with Gasteiger partial charge in [0.1, 0.15) is 5.76 Å². The van der Waals surface area contributed by atoms with Crippen molar-refractivity contribution in [1.82, 2.24) is 0 Å². The highest BCUT2D eigenvalue weighted by molar-refractivity contribution is 7.86. The van der Waals surface area contributed by atoms with E-state index in [0.717, 1.165) is 18.6 Å². The van der Waals surface area contributed by atoms with Crippen LogP contribution in [-0.2, 0) is 10.9 Å². The normalized spacial score (nSPS) is 32.5. The summed E-state index contributed by atoms with van der Waals surface area (Å²) < 4.78 is 5.91. The molecule has 2 aliphatic carbocycles. The zero-order valence-electron chi connectivity index (χ0n) is 9.53. The summed E-state index contributed by atoms with van der Waals surface area (Å²) in [4.78, 5) is 0. The van der Waals surface area contributed by atoms with Crippen LogP contribution in [0.1, 0.15) is 24.5 Å². The summed E-state index contributed by atoms with van der Waals surface area (Å²) in [5, 5.41) is 1.21. The Labute approximate surface area is 107 Å². The molecule has 0 aromatic heterocycles. The molecule has 0 saturated heterocycles. The van der Waals surface area contributed by atoms with Gasteiger partial charge in [0, 0.05) is 16.3 Å². The van der Waals surface area contributed by atoms with Crippen LogP contribution in [0.3, 0.4) is 0 Å². The average Bonchev–Trinajstić information content (AvgIpc) is 2.60. The third kappa shape index (κ3) is 1.19. The van der Waals surface area contributed by atoms with Gasteiger partial charge >= 0.3 is 0 Å². The molecule has 17 heavy (non-hydrogen) atoms. The molecular weight excluding hydrogens is 251 g/mol. The molecule has 0 fully saturated rings. The molecular formula is C14H12ClOP. The first kappa shape index (κ1) is 10.2. The smallest absolute Gasteiger partial charge is 0.215 e. The van der Waals surface area contributed by atoms with E-state index in [0.29, 0.717) is 0 Å². The van der Waals surface area contributed by atoms with Gasteiger partial charge in [-0.1, -0.05) is 25.1 Å². The zero-order chi connectivity index (χ0) is 11.6. The Bertz CT molecular complexity index is 590. The van der Waals surface area contributed by atoms with Crippen molar-refractivity contribution in [2.45, 2.75) is 19.8 Å². The first-order valence-electron chi connectivity index (χ1n) is 5.86. The van der Waals surface area contributed by atoms with E-state index in [-0.39, 0.29) is 5.41 Å². The summed E-state index contributed by atoms with van der Waals surface area (Å²) in [7, 11) is -1.000. The predicted octanol–water partition coefficient (Wildman–Crippen LogP) is 4.13. The van der Waals surface area contributed by atoms with Crippen LogP contribution >= 0.6 is 18.7 Å². The maximum absolute atomic E-state index is 6.38. The highest BCUT2D eigenvalue weighted by Crippen LogP contribution is 2.60. The lowest BCUT2D eigenvalue weighted by atomic mass is 9.76. The van der Waals surface area contributed by atoms with Crippen molar-refractivity contribution in [3.8, 4) is 0 Å². The van der Waals surface area contributed by atoms with Crippen molar-refractivity contribution >= 4 is 29.6 Å². The van der Waals surface area contributed by atoms with Crippen LogP contribution in [0.15, 0.2) is 36.1 Å². The first-order valence-corrected chi connectivity index (χ1v) is 8.03. The van der Waals surface area contributed by atoms with E-state index in [9.17, 15) is 0 Å². The molecule has 1 nitrogen and oxygen atoms in total. The van der Waals surface area contributed by atoms with Crippen molar-refractivity contribution in [3.63, 3.8) is 0 Å². The lowest BCUT2D eigenvalue weighted by molar-refractivity contribution is 0.428. The van der Waals surface area contributed by atoms with Crippen molar-refractivity contribution < 1.29 is 4.52 Å². The van der Waals surface area contributed by atoms with Crippen LogP contribution in [0.5, 0.6) is 0 Å². The fourth-order valence-corrected chi connectivity index (χ4v) is 5.00. The van der Waals surface area contributed by atoms with Gasteiger partial charge in [-0.05, 0) is 47.4 Å². The van der Waals surface area contributed by atoms with E-state index in [2.05, 4.69) is 37.3 Å². The van der Waals surface area contributed by atoms with Crippen molar-refractivity contribution in [3.05, 3.63) is 47.2 Å². The Morgan fingerprint density at radius 1 is 1.41 bits per heavy atom. The Kier molecular flexibility index (Phi) is 1.89. The number of allylic oxidation sites excluding steroid dienone is 3. The van der Waals surface area contributed by atoms with E-state index < -0.39 is 7.50 Å². The number of halogens is 1.